The molecule has 2 N–H and O–H groups in total. The lowest BCUT2D eigenvalue weighted by atomic mass is 9.76. The van der Waals surface area contributed by atoms with Gasteiger partial charge in [-0.05, 0) is 38.0 Å². The molecule has 0 amide bonds. The Morgan fingerprint density at radius 2 is 1.50 bits per heavy atom. The zero-order valence-corrected chi connectivity index (χ0v) is 10.3. The van der Waals surface area contributed by atoms with Crippen LogP contribution in [-0.4, -0.2) is 21.9 Å². The van der Waals surface area contributed by atoms with Gasteiger partial charge in [-0.3, -0.25) is 0 Å². The minimum atomic E-state index is -0.450. The summed E-state index contributed by atoms with van der Waals surface area (Å²) in [7, 11) is 0. The highest BCUT2D eigenvalue weighted by Gasteiger charge is 2.34. The van der Waals surface area contributed by atoms with E-state index in [1.54, 1.807) is 0 Å². The Kier molecular flexibility index (Phi) is 4.26. The predicted molar refractivity (Wildman–Crippen MR) is 65.2 cm³/mol. The van der Waals surface area contributed by atoms with Gasteiger partial charge < -0.3 is 10.2 Å². The number of aliphatic hydroxyl groups excluding tert-OH is 1. The van der Waals surface area contributed by atoms with Crippen LogP contribution in [0.1, 0.15) is 70.6 Å². The molecule has 0 aromatic rings. The Morgan fingerprint density at radius 3 is 2.25 bits per heavy atom. The second-order valence-electron chi connectivity index (χ2n) is 5.95. The summed E-state index contributed by atoms with van der Waals surface area (Å²) in [4.78, 5) is 0. The largest absolute Gasteiger partial charge is 0.393 e. The lowest BCUT2D eigenvalue weighted by molar-refractivity contribution is -0.0392. The predicted octanol–water partition coefficient (Wildman–Crippen LogP) is 3.01. The van der Waals surface area contributed by atoms with Crippen molar-refractivity contribution >= 4 is 0 Å². The van der Waals surface area contributed by atoms with E-state index in [0.717, 1.165) is 38.5 Å². The van der Waals surface area contributed by atoms with E-state index < -0.39 is 5.60 Å². The van der Waals surface area contributed by atoms with E-state index in [2.05, 4.69) is 0 Å². The van der Waals surface area contributed by atoms with Crippen LogP contribution in [0.15, 0.2) is 0 Å². The number of rotatable bonds is 2. The van der Waals surface area contributed by atoms with Crippen molar-refractivity contribution in [2.45, 2.75) is 82.3 Å². The van der Waals surface area contributed by atoms with Gasteiger partial charge in [-0.15, -0.1) is 0 Å². The molecule has 0 spiro atoms. The lowest BCUT2D eigenvalue weighted by Crippen LogP contribution is -2.36. The zero-order chi connectivity index (χ0) is 11.4. The van der Waals surface area contributed by atoms with Crippen LogP contribution in [0.3, 0.4) is 0 Å². The minimum Gasteiger partial charge on any atom is -0.393 e. The Bertz CT molecular complexity index is 209. The SMILES string of the molecule is OC1CCCCCC1CC1(O)CCCCC1. The summed E-state index contributed by atoms with van der Waals surface area (Å²) in [6, 6.07) is 0. The van der Waals surface area contributed by atoms with Gasteiger partial charge in [0.25, 0.3) is 0 Å². The average Bonchev–Trinajstić information content (AvgIpc) is 2.45. The molecule has 0 saturated heterocycles. The van der Waals surface area contributed by atoms with Gasteiger partial charge in [0.15, 0.2) is 0 Å². The zero-order valence-electron chi connectivity index (χ0n) is 10.3. The van der Waals surface area contributed by atoms with Crippen molar-refractivity contribution < 1.29 is 10.2 Å². The fourth-order valence-electron chi connectivity index (χ4n) is 3.51. The Hall–Kier alpha value is -0.0800. The smallest absolute Gasteiger partial charge is 0.0651 e. The van der Waals surface area contributed by atoms with Crippen LogP contribution in [0.5, 0.6) is 0 Å². The van der Waals surface area contributed by atoms with E-state index in [1.165, 1.54) is 32.1 Å². The Labute approximate surface area is 99.1 Å². The standard InChI is InChI=1S/C14H26O2/c15-13-8-4-1-3-7-12(13)11-14(16)9-5-2-6-10-14/h12-13,15-16H,1-11H2. The summed E-state index contributed by atoms with van der Waals surface area (Å²) in [5, 5.41) is 20.6. The van der Waals surface area contributed by atoms with E-state index in [0.29, 0.717) is 5.92 Å². The van der Waals surface area contributed by atoms with Crippen LogP contribution in [0, 0.1) is 5.92 Å². The van der Waals surface area contributed by atoms with Crippen LogP contribution in [0.4, 0.5) is 0 Å². The summed E-state index contributed by atoms with van der Waals surface area (Å²) < 4.78 is 0. The monoisotopic (exact) mass is 226 g/mol. The van der Waals surface area contributed by atoms with Crippen LogP contribution >= 0.6 is 0 Å². The molecule has 2 aliphatic rings. The van der Waals surface area contributed by atoms with Crippen LogP contribution in [0.2, 0.25) is 0 Å². The fraction of sp³-hybridized carbons (Fsp3) is 1.00. The van der Waals surface area contributed by atoms with Crippen molar-refractivity contribution in [3.63, 3.8) is 0 Å². The van der Waals surface area contributed by atoms with Crippen LogP contribution < -0.4 is 0 Å². The molecule has 2 rings (SSSR count). The highest BCUT2D eigenvalue weighted by molar-refractivity contribution is 4.87. The maximum Gasteiger partial charge on any atom is 0.0651 e. The maximum absolute atomic E-state index is 10.5. The molecule has 2 saturated carbocycles. The summed E-state index contributed by atoms with van der Waals surface area (Å²) in [6.07, 6.45) is 11.9. The Morgan fingerprint density at radius 1 is 0.875 bits per heavy atom. The van der Waals surface area contributed by atoms with Crippen molar-refractivity contribution in [2.75, 3.05) is 0 Å². The first-order valence-electron chi connectivity index (χ1n) is 7.10. The molecular formula is C14H26O2. The second-order valence-corrected chi connectivity index (χ2v) is 5.95. The molecule has 0 aromatic carbocycles. The summed E-state index contributed by atoms with van der Waals surface area (Å²) in [5.41, 5.74) is -0.450. The van der Waals surface area contributed by atoms with Gasteiger partial charge in [-0.2, -0.15) is 0 Å². The molecule has 2 heteroatoms. The molecular weight excluding hydrogens is 200 g/mol. The Balaban J connectivity index is 1.90. The molecule has 0 bridgehead atoms. The van der Waals surface area contributed by atoms with Crippen molar-refractivity contribution in [2.24, 2.45) is 5.92 Å². The van der Waals surface area contributed by atoms with Crippen molar-refractivity contribution in [1.29, 1.82) is 0 Å². The van der Waals surface area contributed by atoms with E-state index in [4.69, 9.17) is 0 Å². The normalized spacial score (nSPS) is 35.6. The van der Waals surface area contributed by atoms with Gasteiger partial charge in [0.05, 0.1) is 11.7 Å². The molecule has 94 valence electrons. The van der Waals surface area contributed by atoms with Gasteiger partial charge in [0.1, 0.15) is 0 Å². The summed E-state index contributed by atoms with van der Waals surface area (Å²) >= 11 is 0. The molecule has 0 aliphatic heterocycles. The highest BCUT2D eigenvalue weighted by atomic mass is 16.3. The third-order valence-corrected chi connectivity index (χ3v) is 4.55. The third kappa shape index (κ3) is 3.21. The lowest BCUT2D eigenvalue weighted by Gasteiger charge is -2.36. The first-order chi connectivity index (χ1) is 7.70. The van der Waals surface area contributed by atoms with E-state index >= 15 is 0 Å². The maximum atomic E-state index is 10.5. The molecule has 2 nitrogen and oxygen atoms in total. The average molecular weight is 226 g/mol. The molecule has 2 atom stereocenters. The van der Waals surface area contributed by atoms with Gasteiger partial charge in [0.2, 0.25) is 0 Å². The van der Waals surface area contributed by atoms with Crippen molar-refractivity contribution in [3.8, 4) is 0 Å². The van der Waals surface area contributed by atoms with Gasteiger partial charge >= 0.3 is 0 Å². The van der Waals surface area contributed by atoms with E-state index in [1.807, 2.05) is 0 Å². The van der Waals surface area contributed by atoms with Gasteiger partial charge in [-0.1, -0.05) is 38.5 Å². The third-order valence-electron chi connectivity index (χ3n) is 4.55. The van der Waals surface area contributed by atoms with Crippen molar-refractivity contribution in [3.05, 3.63) is 0 Å². The quantitative estimate of drug-likeness (QED) is 0.711. The highest BCUT2D eigenvalue weighted by Crippen LogP contribution is 2.37. The summed E-state index contributed by atoms with van der Waals surface area (Å²) in [6.45, 7) is 0. The topological polar surface area (TPSA) is 40.5 Å². The fourth-order valence-corrected chi connectivity index (χ4v) is 3.51. The van der Waals surface area contributed by atoms with Gasteiger partial charge in [-0.25, -0.2) is 0 Å². The molecule has 0 aromatic heterocycles. The first kappa shape index (κ1) is 12.4. The van der Waals surface area contributed by atoms with E-state index in [9.17, 15) is 10.2 Å². The molecule has 0 radical (unpaired) electrons. The van der Waals surface area contributed by atoms with Crippen LogP contribution in [0.25, 0.3) is 0 Å². The number of aliphatic hydroxyl groups is 2. The number of hydrogen-bond acceptors (Lipinski definition) is 2. The second kappa shape index (κ2) is 5.50. The minimum absolute atomic E-state index is 0.159. The first-order valence-corrected chi connectivity index (χ1v) is 7.10. The molecule has 0 heterocycles. The molecule has 2 aliphatic carbocycles. The van der Waals surface area contributed by atoms with Gasteiger partial charge in [0, 0.05) is 0 Å². The molecule has 2 fully saturated rings. The van der Waals surface area contributed by atoms with Crippen LogP contribution in [-0.2, 0) is 0 Å². The van der Waals surface area contributed by atoms with E-state index in [-0.39, 0.29) is 6.10 Å². The molecule has 16 heavy (non-hydrogen) atoms. The summed E-state index contributed by atoms with van der Waals surface area (Å²) in [5.74, 6) is 0.352. The number of hydrogen-bond donors (Lipinski definition) is 2. The molecule has 2 unspecified atom stereocenters. The van der Waals surface area contributed by atoms with Crippen molar-refractivity contribution in [1.82, 2.24) is 0 Å².